The summed E-state index contributed by atoms with van der Waals surface area (Å²) in [5.41, 5.74) is 0.507. The zero-order valence-electron chi connectivity index (χ0n) is 12.3. The Kier molecular flexibility index (Phi) is 5.32. The molecule has 1 aromatic heterocycles. The summed E-state index contributed by atoms with van der Waals surface area (Å²) in [5.74, 6) is 4.84. The van der Waals surface area contributed by atoms with Gasteiger partial charge in [0.2, 0.25) is 11.1 Å². The maximum atomic E-state index is 12.9. The van der Waals surface area contributed by atoms with Crippen LogP contribution in [0.15, 0.2) is 29.4 Å². The van der Waals surface area contributed by atoms with Crippen LogP contribution in [0.25, 0.3) is 11.4 Å². The number of thioether (sulfide) groups is 1. The highest BCUT2D eigenvalue weighted by atomic mass is 32.2. The Morgan fingerprint density at radius 2 is 1.96 bits per heavy atom. The van der Waals surface area contributed by atoms with E-state index in [4.69, 9.17) is 5.84 Å². The molecule has 11 heteroatoms. The van der Waals surface area contributed by atoms with Crippen molar-refractivity contribution in [3.8, 4) is 11.4 Å². The molecule has 1 aromatic carbocycles. The van der Waals surface area contributed by atoms with E-state index in [2.05, 4.69) is 10.2 Å². The molecule has 2 aromatic rings. The number of carbonyl (C=O) groups is 1. The van der Waals surface area contributed by atoms with E-state index in [1.807, 2.05) is 0 Å². The van der Waals surface area contributed by atoms with Crippen molar-refractivity contribution < 1.29 is 22.4 Å². The Labute approximate surface area is 138 Å². The molecule has 0 radical (unpaired) electrons. The van der Waals surface area contributed by atoms with Crippen molar-refractivity contribution in [1.29, 1.82) is 0 Å². The number of nitrogens with two attached hydrogens (primary N) is 1. The second-order valence-electron chi connectivity index (χ2n) is 4.78. The van der Waals surface area contributed by atoms with Crippen LogP contribution >= 0.6 is 11.8 Å². The molecule has 0 saturated heterocycles. The molecule has 3 N–H and O–H groups in total. The third-order valence-corrected chi connectivity index (χ3v) is 3.94. The lowest BCUT2D eigenvalue weighted by Gasteiger charge is -2.12. The minimum absolute atomic E-state index is 0.143. The number of carbonyl (C=O) groups excluding carboxylic acids is 1. The Bertz CT molecular complexity index is 716. The van der Waals surface area contributed by atoms with Crippen LogP contribution in [0, 0.1) is 5.82 Å². The first-order valence-electron chi connectivity index (χ1n) is 6.65. The third kappa shape index (κ3) is 4.60. The number of nitrogen functional groups attached to an aromatic ring is 1. The zero-order valence-corrected chi connectivity index (χ0v) is 13.2. The van der Waals surface area contributed by atoms with Crippen molar-refractivity contribution >= 4 is 17.7 Å². The van der Waals surface area contributed by atoms with Gasteiger partial charge in [0.1, 0.15) is 12.4 Å². The van der Waals surface area contributed by atoms with Gasteiger partial charge in [0.25, 0.3) is 0 Å². The van der Waals surface area contributed by atoms with Gasteiger partial charge in [-0.2, -0.15) is 13.2 Å². The molecule has 0 aliphatic rings. The first-order valence-corrected chi connectivity index (χ1v) is 7.53. The predicted octanol–water partition coefficient (Wildman–Crippen LogP) is 1.96. The normalized spacial score (nSPS) is 12.9. The number of amides is 1. The van der Waals surface area contributed by atoms with Crippen molar-refractivity contribution in [2.45, 2.75) is 23.5 Å². The highest BCUT2D eigenvalue weighted by molar-refractivity contribution is 8.00. The quantitative estimate of drug-likeness (QED) is 0.482. The lowest BCUT2D eigenvalue weighted by molar-refractivity contribution is -0.137. The van der Waals surface area contributed by atoms with E-state index in [9.17, 15) is 22.4 Å². The van der Waals surface area contributed by atoms with Gasteiger partial charge in [-0.25, -0.2) is 9.07 Å². The molecule has 0 spiro atoms. The van der Waals surface area contributed by atoms with E-state index in [0.717, 1.165) is 16.4 Å². The number of halogens is 4. The largest absolute Gasteiger partial charge is 0.405 e. The van der Waals surface area contributed by atoms with Gasteiger partial charge in [0, 0.05) is 5.56 Å². The van der Waals surface area contributed by atoms with E-state index >= 15 is 0 Å². The van der Waals surface area contributed by atoms with E-state index < -0.39 is 29.7 Å². The fraction of sp³-hybridized carbons (Fsp3) is 0.308. The van der Waals surface area contributed by atoms with E-state index in [-0.39, 0.29) is 11.0 Å². The van der Waals surface area contributed by atoms with Crippen molar-refractivity contribution in [3.63, 3.8) is 0 Å². The molecule has 2 rings (SSSR count). The molecule has 6 nitrogen and oxygen atoms in total. The van der Waals surface area contributed by atoms with E-state index in [1.165, 1.54) is 31.2 Å². The number of hydrogen-bond acceptors (Lipinski definition) is 5. The number of alkyl halides is 3. The standard InChI is InChI=1S/C13H13F4N5OS/c1-7(11(23)19-6-13(15,16)17)24-12-21-20-10(22(12)18)8-2-4-9(14)5-3-8/h2-5,7H,6,18H2,1H3,(H,19,23). The van der Waals surface area contributed by atoms with Gasteiger partial charge in [0.05, 0.1) is 5.25 Å². The number of rotatable bonds is 5. The van der Waals surface area contributed by atoms with Gasteiger partial charge < -0.3 is 11.2 Å². The molecular weight excluding hydrogens is 350 g/mol. The average Bonchev–Trinajstić information content (AvgIpc) is 2.86. The summed E-state index contributed by atoms with van der Waals surface area (Å²) in [6.45, 7) is 0.00942. The lowest BCUT2D eigenvalue weighted by Crippen LogP contribution is -2.38. The minimum atomic E-state index is -4.48. The van der Waals surface area contributed by atoms with Gasteiger partial charge in [-0.05, 0) is 31.2 Å². The molecule has 1 unspecified atom stereocenters. The summed E-state index contributed by atoms with van der Waals surface area (Å²) in [7, 11) is 0. The van der Waals surface area contributed by atoms with Gasteiger partial charge in [0.15, 0.2) is 5.82 Å². The second-order valence-corrected chi connectivity index (χ2v) is 6.08. The van der Waals surface area contributed by atoms with Gasteiger partial charge in [-0.1, -0.05) is 11.8 Å². The number of nitrogens with zero attached hydrogens (tertiary/aromatic N) is 3. The summed E-state index contributed by atoms with van der Waals surface area (Å²) in [6.07, 6.45) is -4.48. The lowest BCUT2D eigenvalue weighted by atomic mass is 10.2. The van der Waals surface area contributed by atoms with Crippen LogP contribution in [0.5, 0.6) is 0 Å². The van der Waals surface area contributed by atoms with E-state index in [0.29, 0.717) is 5.56 Å². The maximum Gasteiger partial charge on any atom is 0.405 e. The van der Waals surface area contributed by atoms with Crippen molar-refractivity contribution in [2.75, 3.05) is 12.4 Å². The highest BCUT2D eigenvalue weighted by Gasteiger charge is 2.29. The number of benzene rings is 1. The molecule has 1 atom stereocenters. The summed E-state index contributed by atoms with van der Waals surface area (Å²) in [5, 5.41) is 8.71. The third-order valence-electron chi connectivity index (χ3n) is 2.88. The summed E-state index contributed by atoms with van der Waals surface area (Å²) >= 11 is 0.858. The fourth-order valence-electron chi connectivity index (χ4n) is 1.70. The van der Waals surface area contributed by atoms with Crippen molar-refractivity contribution in [1.82, 2.24) is 20.2 Å². The summed E-state index contributed by atoms with van der Waals surface area (Å²) < 4.78 is 50.3. The second kappa shape index (κ2) is 7.07. The average molecular weight is 363 g/mol. The first-order chi connectivity index (χ1) is 11.2. The van der Waals surface area contributed by atoms with Crippen LogP contribution in [0.3, 0.4) is 0 Å². The number of nitrogens with one attached hydrogen (secondary N) is 1. The molecular formula is C13H13F4N5OS. The van der Waals surface area contributed by atoms with Gasteiger partial charge in [-0.3, -0.25) is 4.79 Å². The molecule has 1 amide bonds. The molecule has 1 heterocycles. The van der Waals surface area contributed by atoms with Gasteiger partial charge in [-0.15, -0.1) is 10.2 Å². The summed E-state index contributed by atoms with van der Waals surface area (Å²) in [6, 6.07) is 5.36. The molecule has 0 aliphatic carbocycles. The molecule has 0 bridgehead atoms. The fourth-order valence-corrected chi connectivity index (χ4v) is 2.49. The van der Waals surface area contributed by atoms with Gasteiger partial charge >= 0.3 is 6.18 Å². The molecule has 0 aliphatic heterocycles. The van der Waals surface area contributed by atoms with E-state index in [1.54, 1.807) is 5.32 Å². The maximum absolute atomic E-state index is 12.9. The van der Waals surface area contributed by atoms with Crippen LogP contribution in [-0.4, -0.2) is 38.8 Å². The summed E-state index contributed by atoms with van der Waals surface area (Å²) in [4.78, 5) is 11.6. The topological polar surface area (TPSA) is 85.8 Å². The van der Waals surface area contributed by atoms with Crippen molar-refractivity contribution in [3.05, 3.63) is 30.1 Å². The minimum Gasteiger partial charge on any atom is -0.346 e. The Morgan fingerprint density at radius 3 is 2.54 bits per heavy atom. The monoisotopic (exact) mass is 363 g/mol. The Hall–Kier alpha value is -2.30. The SMILES string of the molecule is CC(Sc1nnc(-c2ccc(F)cc2)n1N)C(=O)NCC(F)(F)F. The molecule has 0 saturated carbocycles. The van der Waals surface area contributed by atoms with Crippen LogP contribution in [0.4, 0.5) is 17.6 Å². The Balaban J connectivity index is 2.05. The van der Waals surface area contributed by atoms with Crippen LogP contribution in [0.2, 0.25) is 0 Å². The molecule has 24 heavy (non-hydrogen) atoms. The predicted molar refractivity (Wildman–Crippen MR) is 80.0 cm³/mol. The van der Waals surface area contributed by atoms with Crippen LogP contribution in [0.1, 0.15) is 6.92 Å². The highest BCUT2D eigenvalue weighted by Crippen LogP contribution is 2.25. The van der Waals surface area contributed by atoms with Crippen LogP contribution in [-0.2, 0) is 4.79 Å². The zero-order chi connectivity index (χ0) is 17.9. The molecule has 130 valence electrons. The Morgan fingerprint density at radius 1 is 1.33 bits per heavy atom. The molecule has 0 fully saturated rings. The number of aromatic nitrogens is 3. The first kappa shape index (κ1) is 18.0. The number of hydrogen-bond donors (Lipinski definition) is 2. The van der Waals surface area contributed by atoms with Crippen molar-refractivity contribution in [2.24, 2.45) is 0 Å². The smallest absolute Gasteiger partial charge is 0.346 e. The van der Waals surface area contributed by atoms with Crippen LogP contribution < -0.4 is 11.2 Å².